The Morgan fingerprint density at radius 3 is 2.60 bits per heavy atom. The van der Waals surface area contributed by atoms with Crippen LogP contribution in [0.2, 0.25) is 0 Å². The van der Waals surface area contributed by atoms with Gasteiger partial charge >= 0.3 is 12.1 Å². The van der Waals surface area contributed by atoms with Crippen molar-refractivity contribution >= 4 is 40.5 Å². The van der Waals surface area contributed by atoms with E-state index in [1.54, 1.807) is 18.2 Å². The van der Waals surface area contributed by atoms with Crippen LogP contribution < -0.4 is 10.6 Å². The predicted octanol–water partition coefficient (Wildman–Crippen LogP) is 5.59. The maximum absolute atomic E-state index is 13.2. The van der Waals surface area contributed by atoms with Crippen molar-refractivity contribution in [3.63, 3.8) is 0 Å². The van der Waals surface area contributed by atoms with Gasteiger partial charge in [0.1, 0.15) is 22.2 Å². The first kappa shape index (κ1) is 27.2. The first-order valence-corrected chi connectivity index (χ1v) is 12.9. The fourth-order valence-electron chi connectivity index (χ4n) is 4.61. The average molecular weight is 570 g/mol. The molecule has 206 valence electrons. The van der Waals surface area contributed by atoms with Gasteiger partial charge in [-0.2, -0.15) is 13.2 Å². The number of pyridine rings is 2. The van der Waals surface area contributed by atoms with Gasteiger partial charge in [0.05, 0.1) is 21.7 Å². The van der Waals surface area contributed by atoms with Gasteiger partial charge in [-0.3, -0.25) is 4.79 Å². The number of anilines is 3. The third-order valence-electron chi connectivity index (χ3n) is 6.38. The monoisotopic (exact) mass is 569 g/mol. The first-order valence-electron chi connectivity index (χ1n) is 12.1. The number of alkyl halides is 3. The molecular formula is C27H22F3N5O4S. The normalized spacial score (nSPS) is 16.7. The Bertz CT molecular complexity index is 1620. The number of aliphatic hydroxyl groups is 1. The Morgan fingerprint density at radius 1 is 1.07 bits per heavy atom. The number of halogens is 3. The molecular weight excluding hydrogens is 547 g/mol. The first-order chi connectivity index (χ1) is 18.9. The van der Waals surface area contributed by atoms with Crippen molar-refractivity contribution in [2.75, 3.05) is 10.6 Å². The van der Waals surface area contributed by atoms with Gasteiger partial charge in [0.15, 0.2) is 0 Å². The third-order valence-corrected chi connectivity index (χ3v) is 7.55. The van der Waals surface area contributed by atoms with Crippen LogP contribution in [0.15, 0.2) is 54.9 Å². The van der Waals surface area contributed by atoms with E-state index in [2.05, 4.69) is 25.6 Å². The van der Waals surface area contributed by atoms with Gasteiger partial charge in [0.25, 0.3) is 0 Å². The molecule has 1 atom stereocenters. The largest absolute Gasteiger partial charge is 0.478 e. The summed E-state index contributed by atoms with van der Waals surface area (Å²) < 4.78 is 39.5. The summed E-state index contributed by atoms with van der Waals surface area (Å²) in [6.07, 6.45) is -0.383. The summed E-state index contributed by atoms with van der Waals surface area (Å²) in [5.74, 6) is -1.37. The second kappa shape index (κ2) is 10.3. The molecule has 1 aliphatic carbocycles. The highest BCUT2D eigenvalue weighted by Crippen LogP contribution is 2.44. The summed E-state index contributed by atoms with van der Waals surface area (Å²) in [5, 5.41) is 26.8. The quantitative estimate of drug-likeness (QED) is 0.236. The lowest BCUT2D eigenvalue weighted by molar-refractivity contribution is -0.137. The zero-order chi connectivity index (χ0) is 28.7. The Kier molecular flexibility index (Phi) is 7.02. The smallest absolute Gasteiger partial charge is 0.416 e. The molecule has 1 aliphatic rings. The molecule has 0 spiro atoms. The van der Waals surface area contributed by atoms with Crippen molar-refractivity contribution in [1.29, 1.82) is 0 Å². The Balaban J connectivity index is 1.51. The maximum atomic E-state index is 13.2. The molecule has 0 unspecified atom stereocenters. The second-order valence-electron chi connectivity index (χ2n) is 9.28. The Hall–Kier alpha value is -4.36. The van der Waals surface area contributed by atoms with Gasteiger partial charge in [-0.05, 0) is 60.7 Å². The molecule has 0 fully saturated rings. The van der Waals surface area contributed by atoms with Crippen molar-refractivity contribution in [3.05, 3.63) is 82.1 Å². The van der Waals surface area contributed by atoms with Crippen LogP contribution >= 0.6 is 11.3 Å². The van der Waals surface area contributed by atoms with E-state index in [0.717, 1.165) is 23.9 Å². The van der Waals surface area contributed by atoms with Crippen LogP contribution in [0, 0.1) is 0 Å². The number of aryl methyl sites for hydroxylation is 1. The van der Waals surface area contributed by atoms with Crippen molar-refractivity contribution in [1.82, 2.24) is 15.0 Å². The minimum absolute atomic E-state index is 0.0907. The predicted molar refractivity (Wildman–Crippen MR) is 142 cm³/mol. The number of amides is 1. The summed E-state index contributed by atoms with van der Waals surface area (Å²) in [5.41, 5.74) is -0.177. The molecule has 0 saturated carbocycles. The molecule has 0 aliphatic heterocycles. The van der Waals surface area contributed by atoms with Crippen LogP contribution in [-0.2, 0) is 23.0 Å². The molecule has 4 aromatic rings. The van der Waals surface area contributed by atoms with E-state index in [4.69, 9.17) is 0 Å². The van der Waals surface area contributed by atoms with Crippen LogP contribution in [0.25, 0.3) is 10.6 Å². The number of rotatable bonds is 6. The molecule has 4 N–H and O–H groups in total. The Morgan fingerprint density at radius 2 is 1.88 bits per heavy atom. The maximum Gasteiger partial charge on any atom is 0.416 e. The van der Waals surface area contributed by atoms with Crippen molar-refractivity contribution in [3.8, 4) is 10.6 Å². The molecule has 1 aromatic carbocycles. The SMILES string of the molecule is CC(=O)Nc1cc(Nc2cc(C(F)(F)F)ccn2)nc(-c2cnc([C@@]3(O)CCCc4cc(C(=O)O)ccc43)s2)c1. The lowest BCUT2D eigenvalue weighted by atomic mass is 9.79. The average Bonchev–Trinajstić information content (AvgIpc) is 3.39. The summed E-state index contributed by atoms with van der Waals surface area (Å²) in [6, 6.07) is 9.37. The highest BCUT2D eigenvalue weighted by molar-refractivity contribution is 7.15. The van der Waals surface area contributed by atoms with E-state index in [1.165, 1.54) is 36.6 Å². The van der Waals surface area contributed by atoms with Crippen LogP contribution in [0.4, 0.5) is 30.5 Å². The number of hydrogen-bond acceptors (Lipinski definition) is 8. The van der Waals surface area contributed by atoms with Gasteiger partial charge in [-0.25, -0.2) is 19.7 Å². The number of carbonyl (C=O) groups excluding carboxylic acids is 1. The number of carboxylic acid groups (broad SMARTS) is 1. The summed E-state index contributed by atoms with van der Waals surface area (Å²) >= 11 is 1.17. The topological polar surface area (TPSA) is 137 Å². The molecule has 40 heavy (non-hydrogen) atoms. The zero-order valence-electron chi connectivity index (χ0n) is 20.9. The number of thiazole rings is 1. The fraction of sp³-hybridized carbons (Fsp3) is 0.222. The van der Waals surface area contributed by atoms with E-state index in [1.807, 2.05) is 0 Å². The molecule has 9 nitrogen and oxygen atoms in total. The Labute approximate surface area is 229 Å². The third kappa shape index (κ3) is 5.51. The minimum atomic E-state index is -4.55. The number of nitrogens with zero attached hydrogens (tertiary/aromatic N) is 3. The van der Waals surface area contributed by atoms with E-state index >= 15 is 0 Å². The summed E-state index contributed by atoms with van der Waals surface area (Å²) in [7, 11) is 0. The van der Waals surface area contributed by atoms with E-state index in [0.29, 0.717) is 46.1 Å². The van der Waals surface area contributed by atoms with Crippen LogP contribution in [0.1, 0.15) is 51.8 Å². The number of hydrogen-bond donors (Lipinski definition) is 4. The molecule has 3 aromatic heterocycles. The van der Waals surface area contributed by atoms with Gasteiger partial charge in [-0.15, -0.1) is 11.3 Å². The lowest BCUT2D eigenvalue weighted by Crippen LogP contribution is -2.32. The molecule has 0 radical (unpaired) electrons. The van der Waals surface area contributed by atoms with Crippen LogP contribution in [-0.4, -0.2) is 37.0 Å². The zero-order valence-corrected chi connectivity index (χ0v) is 21.7. The molecule has 0 bridgehead atoms. The van der Waals surface area contributed by atoms with E-state index in [-0.39, 0.29) is 23.1 Å². The van der Waals surface area contributed by atoms with Gasteiger partial charge < -0.3 is 20.8 Å². The number of fused-ring (bicyclic) bond motifs is 1. The minimum Gasteiger partial charge on any atom is -0.478 e. The molecule has 13 heteroatoms. The van der Waals surface area contributed by atoms with Crippen LogP contribution in [0.3, 0.4) is 0 Å². The van der Waals surface area contributed by atoms with Crippen molar-refractivity contribution in [2.45, 2.75) is 38.0 Å². The van der Waals surface area contributed by atoms with Gasteiger partial charge in [0.2, 0.25) is 5.91 Å². The standard InChI is InChI=1S/C27H22F3N5O4S/c1-14(36)33-18-11-20(34-23(12-18)35-22-10-17(6-8-31-22)27(28,29)30)21-13-32-25(40-21)26(39)7-2-3-15-9-16(24(37)38)4-5-19(15)26/h4-6,8-13,39H,2-3,7H2,1H3,(H,37,38)(H2,31,33,34,35,36)/t26-/m1/s1. The molecule has 5 rings (SSSR count). The number of aromatic carboxylic acids is 1. The van der Waals surface area contributed by atoms with Crippen molar-refractivity contribution < 1.29 is 33.0 Å². The van der Waals surface area contributed by atoms with Crippen molar-refractivity contribution in [2.24, 2.45) is 0 Å². The highest BCUT2D eigenvalue weighted by Gasteiger charge is 2.39. The van der Waals surface area contributed by atoms with E-state index < -0.39 is 23.3 Å². The van der Waals surface area contributed by atoms with Gasteiger partial charge in [-0.1, -0.05) is 6.07 Å². The fourth-order valence-corrected chi connectivity index (χ4v) is 5.62. The number of carbonyl (C=O) groups is 2. The number of carboxylic acids is 1. The van der Waals surface area contributed by atoms with E-state index in [9.17, 15) is 33.0 Å². The van der Waals surface area contributed by atoms with Crippen LogP contribution in [0.5, 0.6) is 0 Å². The molecule has 0 saturated heterocycles. The lowest BCUT2D eigenvalue weighted by Gasteiger charge is -2.33. The second-order valence-corrected chi connectivity index (χ2v) is 10.3. The number of nitrogens with one attached hydrogen (secondary N) is 2. The number of aromatic nitrogens is 3. The molecule has 1 amide bonds. The number of benzene rings is 1. The van der Waals surface area contributed by atoms with Gasteiger partial charge in [0, 0.05) is 31.1 Å². The molecule has 3 heterocycles. The highest BCUT2D eigenvalue weighted by atomic mass is 32.1. The summed E-state index contributed by atoms with van der Waals surface area (Å²) in [6.45, 7) is 1.32. The summed E-state index contributed by atoms with van der Waals surface area (Å²) in [4.78, 5) is 36.6.